The number of nitrogens with zero attached hydrogens (tertiary/aromatic N) is 2. The first-order chi connectivity index (χ1) is 11.5. The average molecular weight is 350 g/mol. The number of halogens is 1. The lowest BCUT2D eigenvalue weighted by atomic mass is 9.92. The van der Waals surface area contributed by atoms with Crippen LogP contribution in [0, 0.1) is 15.9 Å². The second-order valence-electron chi connectivity index (χ2n) is 7.96. The van der Waals surface area contributed by atoms with Gasteiger partial charge in [0.25, 0.3) is 0 Å². The minimum atomic E-state index is -0.832. The molecule has 0 spiro atoms. The SMILES string of the molecule is CC1(C)OC[C@@H](Cn2c(C(C)(C)C)cc3cc([N+](=O)[O-])c(F)cc32)O1. The van der Waals surface area contributed by atoms with Gasteiger partial charge in [-0.2, -0.15) is 4.39 Å². The molecule has 1 fully saturated rings. The fourth-order valence-electron chi connectivity index (χ4n) is 3.29. The lowest BCUT2D eigenvalue weighted by Gasteiger charge is -2.24. The van der Waals surface area contributed by atoms with E-state index >= 15 is 0 Å². The molecule has 7 heteroatoms. The molecule has 6 nitrogen and oxygen atoms in total. The Morgan fingerprint density at radius 1 is 1.36 bits per heavy atom. The van der Waals surface area contributed by atoms with Gasteiger partial charge >= 0.3 is 5.69 Å². The van der Waals surface area contributed by atoms with E-state index in [1.807, 2.05) is 24.5 Å². The van der Waals surface area contributed by atoms with E-state index in [1.165, 1.54) is 12.1 Å². The van der Waals surface area contributed by atoms with Crippen LogP contribution in [-0.4, -0.2) is 28.0 Å². The number of nitro groups is 1. The van der Waals surface area contributed by atoms with Crippen LogP contribution in [0.2, 0.25) is 0 Å². The fourth-order valence-corrected chi connectivity index (χ4v) is 3.29. The quantitative estimate of drug-likeness (QED) is 0.616. The summed E-state index contributed by atoms with van der Waals surface area (Å²) in [5.74, 6) is -1.47. The van der Waals surface area contributed by atoms with Gasteiger partial charge in [-0.25, -0.2) is 0 Å². The molecule has 1 aromatic carbocycles. The molecular formula is C18H23FN2O4. The normalized spacial score (nSPS) is 20.3. The molecule has 0 aliphatic carbocycles. The number of fused-ring (bicyclic) bond motifs is 1. The van der Waals surface area contributed by atoms with Gasteiger partial charge in [0.15, 0.2) is 5.79 Å². The zero-order valence-electron chi connectivity index (χ0n) is 15.1. The van der Waals surface area contributed by atoms with Gasteiger partial charge < -0.3 is 14.0 Å². The van der Waals surface area contributed by atoms with Crippen LogP contribution in [0.5, 0.6) is 0 Å². The molecule has 2 aromatic rings. The molecule has 2 heterocycles. The second-order valence-corrected chi connectivity index (χ2v) is 7.96. The fraction of sp³-hybridized carbons (Fsp3) is 0.556. The van der Waals surface area contributed by atoms with E-state index in [4.69, 9.17) is 9.47 Å². The van der Waals surface area contributed by atoms with Crippen molar-refractivity contribution in [2.24, 2.45) is 0 Å². The van der Waals surface area contributed by atoms with Crippen LogP contribution >= 0.6 is 0 Å². The van der Waals surface area contributed by atoms with Crippen molar-refractivity contribution in [3.8, 4) is 0 Å². The highest BCUT2D eigenvalue weighted by Crippen LogP contribution is 2.34. The van der Waals surface area contributed by atoms with Crippen molar-refractivity contribution < 1.29 is 18.8 Å². The third-order valence-electron chi connectivity index (χ3n) is 4.39. The van der Waals surface area contributed by atoms with Crippen molar-refractivity contribution in [2.75, 3.05) is 6.61 Å². The number of rotatable bonds is 3. The number of hydrogen-bond donors (Lipinski definition) is 0. The smallest absolute Gasteiger partial charge is 0.305 e. The summed E-state index contributed by atoms with van der Waals surface area (Å²) in [4.78, 5) is 10.3. The summed E-state index contributed by atoms with van der Waals surface area (Å²) in [6, 6.07) is 4.43. The molecule has 0 N–H and O–H groups in total. The lowest BCUT2D eigenvalue weighted by Crippen LogP contribution is -2.26. The second kappa shape index (κ2) is 5.78. The highest BCUT2D eigenvalue weighted by atomic mass is 19.1. The van der Waals surface area contributed by atoms with E-state index in [-0.39, 0.29) is 11.5 Å². The van der Waals surface area contributed by atoms with Gasteiger partial charge in [-0.15, -0.1) is 0 Å². The van der Waals surface area contributed by atoms with Crippen LogP contribution < -0.4 is 0 Å². The topological polar surface area (TPSA) is 66.5 Å². The predicted molar refractivity (Wildman–Crippen MR) is 92.2 cm³/mol. The van der Waals surface area contributed by atoms with Gasteiger partial charge in [-0.05, 0) is 19.9 Å². The van der Waals surface area contributed by atoms with Crippen LogP contribution in [0.25, 0.3) is 10.9 Å². The first-order valence-corrected chi connectivity index (χ1v) is 8.27. The minimum Gasteiger partial charge on any atom is -0.348 e. The highest BCUT2D eigenvalue weighted by molar-refractivity contribution is 5.84. The molecule has 3 rings (SSSR count). The Balaban J connectivity index is 2.11. The zero-order chi connectivity index (χ0) is 18.6. The summed E-state index contributed by atoms with van der Waals surface area (Å²) in [5.41, 5.74) is 0.878. The van der Waals surface area contributed by atoms with Crippen LogP contribution in [0.3, 0.4) is 0 Å². The zero-order valence-corrected chi connectivity index (χ0v) is 15.1. The van der Waals surface area contributed by atoms with E-state index in [0.29, 0.717) is 24.1 Å². The third kappa shape index (κ3) is 3.39. The van der Waals surface area contributed by atoms with Crippen LogP contribution in [-0.2, 0) is 21.4 Å². The number of ether oxygens (including phenoxy) is 2. The van der Waals surface area contributed by atoms with Crippen molar-refractivity contribution in [2.45, 2.75) is 58.5 Å². The van der Waals surface area contributed by atoms with Gasteiger partial charge in [0.05, 0.1) is 23.6 Å². The van der Waals surface area contributed by atoms with Crippen molar-refractivity contribution in [1.29, 1.82) is 0 Å². The first kappa shape index (κ1) is 17.8. The van der Waals surface area contributed by atoms with Crippen LogP contribution in [0.1, 0.15) is 40.3 Å². The lowest BCUT2D eigenvalue weighted by molar-refractivity contribution is -0.387. The summed E-state index contributed by atoms with van der Waals surface area (Å²) in [5, 5.41) is 11.7. The van der Waals surface area contributed by atoms with Crippen molar-refractivity contribution in [3.63, 3.8) is 0 Å². The Morgan fingerprint density at radius 3 is 2.56 bits per heavy atom. The molecule has 0 radical (unpaired) electrons. The summed E-state index contributed by atoms with van der Waals surface area (Å²) >= 11 is 0. The van der Waals surface area contributed by atoms with Gasteiger partial charge in [0.1, 0.15) is 6.10 Å². The van der Waals surface area contributed by atoms with E-state index < -0.39 is 22.2 Å². The minimum absolute atomic E-state index is 0.162. The maximum absolute atomic E-state index is 14.2. The van der Waals surface area contributed by atoms with Gasteiger partial charge in [-0.3, -0.25) is 10.1 Å². The van der Waals surface area contributed by atoms with Gasteiger partial charge in [-0.1, -0.05) is 20.8 Å². The monoisotopic (exact) mass is 350 g/mol. The highest BCUT2D eigenvalue weighted by Gasteiger charge is 2.34. The Bertz CT molecular complexity index is 836. The first-order valence-electron chi connectivity index (χ1n) is 8.27. The maximum atomic E-state index is 14.2. The molecule has 1 aliphatic rings. The van der Waals surface area contributed by atoms with Crippen molar-refractivity contribution >= 4 is 16.6 Å². The molecule has 1 aliphatic heterocycles. The summed E-state index contributed by atoms with van der Waals surface area (Å²) in [6.07, 6.45) is -0.162. The van der Waals surface area contributed by atoms with Crippen LogP contribution in [0.15, 0.2) is 18.2 Å². The molecule has 25 heavy (non-hydrogen) atoms. The number of benzene rings is 1. The molecule has 0 unspecified atom stereocenters. The summed E-state index contributed by atoms with van der Waals surface area (Å²) < 4.78 is 27.7. The van der Waals surface area contributed by atoms with E-state index in [2.05, 4.69) is 20.8 Å². The number of hydrogen-bond acceptors (Lipinski definition) is 4. The Morgan fingerprint density at radius 2 is 2.04 bits per heavy atom. The Hall–Kier alpha value is -1.99. The Labute approximate surface area is 145 Å². The van der Waals surface area contributed by atoms with Gasteiger partial charge in [0, 0.05) is 28.6 Å². The van der Waals surface area contributed by atoms with E-state index in [9.17, 15) is 14.5 Å². The molecule has 0 bridgehead atoms. The molecule has 0 amide bonds. The third-order valence-corrected chi connectivity index (χ3v) is 4.39. The van der Waals surface area contributed by atoms with Crippen LogP contribution in [0.4, 0.5) is 10.1 Å². The summed E-state index contributed by atoms with van der Waals surface area (Å²) in [6.45, 7) is 10.8. The Kier molecular flexibility index (Phi) is 4.12. The maximum Gasteiger partial charge on any atom is 0.305 e. The molecule has 1 atom stereocenters. The average Bonchev–Trinajstić information content (AvgIpc) is 2.98. The predicted octanol–water partition coefficient (Wildman–Crippen LogP) is 4.14. The number of nitro benzene ring substituents is 1. The standard InChI is InChI=1S/C18H23FN2O4/c1-17(2,3)16-7-11-6-15(21(22)23)13(19)8-14(11)20(16)9-12-10-24-18(4,5)25-12/h6-8,12H,9-10H2,1-5H3/t12-/m1/s1. The molecule has 0 saturated carbocycles. The molecule has 136 valence electrons. The molecular weight excluding hydrogens is 327 g/mol. The van der Waals surface area contributed by atoms with Gasteiger partial charge in [0.2, 0.25) is 5.82 Å². The van der Waals surface area contributed by atoms with Crippen molar-refractivity contribution in [1.82, 2.24) is 4.57 Å². The molecule has 1 saturated heterocycles. The van der Waals surface area contributed by atoms with E-state index in [1.54, 1.807) is 0 Å². The van der Waals surface area contributed by atoms with Crippen molar-refractivity contribution in [3.05, 3.63) is 39.8 Å². The molecule has 1 aromatic heterocycles. The largest absolute Gasteiger partial charge is 0.348 e. The van der Waals surface area contributed by atoms with E-state index in [0.717, 1.165) is 5.69 Å². The summed E-state index contributed by atoms with van der Waals surface area (Å²) in [7, 11) is 0. The number of aromatic nitrogens is 1.